The molecule has 0 radical (unpaired) electrons. The molecule has 0 bridgehead atoms. The van der Waals surface area contributed by atoms with Crippen molar-refractivity contribution in [1.29, 1.82) is 0 Å². The van der Waals surface area contributed by atoms with Gasteiger partial charge in [-0.3, -0.25) is 10.4 Å². The molecule has 0 aromatic carbocycles. The van der Waals surface area contributed by atoms with Crippen LogP contribution in [0.5, 0.6) is 0 Å². The molecule has 6 heteroatoms. The van der Waals surface area contributed by atoms with E-state index in [1.807, 2.05) is 0 Å². The molecular formula is C7H9N5S. The zero-order valence-electron chi connectivity index (χ0n) is 6.77. The first kappa shape index (κ1) is 9.40. The number of nitrogens with zero attached hydrogens (tertiary/aromatic N) is 2. The third kappa shape index (κ3) is 3.04. The molecule has 0 atom stereocenters. The Bertz CT molecular complexity index is 335. The second-order valence-corrected chi connectivity index (χ2v) is 2.65. The van der Waals surface area contributed by atoms with E-state index in [4.69, 9.17) is 11.5 Å². The predicted octanol–water partition coefficient (Wildman–Crippen LogP) is -0.169. The molecule has 5 nitrogen and oxygen atoms in total. The zero-order chi connectivity index (χ0) is 9.68. The Morgan fingerprint density at radius 3 is 3.08 bits per heavy atom. The van der Waals surface area contributed by atoms with Gasteiger partial charge in [0.05, 0.1) is 11.9 Å². The molecule has 0 amide bonds. The Morgan fingerprint density at radius 1 is 1.69 bits per heavy atom. The highest BCUT2D eigenvalue weighted by Gasteiger charge is 1.93. The summed E-state index contributed by atoms with van der Waals surface area (Å²) < 4.78 is 0. The first-order valence-corrected chi connectivity index (χ1v) is 3.90. The van der Waals surface area contributed by atoms with Crippen LogP contribution < -0.4 is 16.9 Å². The van der Waals surface area contributed by atoms with Gasteiger partial charge in [-0.05, 0) is 24.4 Å². The number of nitrogens with two attached hydrogens (primary N) is 2. The summed E-state index contributed by atoms with van der Waals surface area (Å²) in [4.78, 5) is 3.98. The van der Waals surface area contributed by atoms with E-state index < -0.39 is 0 Å². The van der Waals surface area contributed by atoms with Crippen LogP contribution in [0.2, 0.25) is 0 Å². The lowest BCUT2D eigenvalue weighted by atomic mass is 10.8. The van der Waals surface area contributed by atoms with Crippen molar-refractivity contribution in [3.8, 4) is 0 Å². The predicted molar refractivity (Wildman–Crippen MR) is 56.2 cm³/mol. The van der Waals surface area contributed by atoms with Gasteiger partial charge in [-0.2, -0.15) is 5.10 Å². The highest BCUT2D eigenvalue weighted by molar-refractivity contribution is 7.80. The van der Waals surface area contributed by atoms with Crippen molar-refractivity contribution < 1.29 is 0 Å². The lowest BCUT2D eigenvalue weighted by Crippen LogP contribution is -2.24. The molecule has 0 aliphatic heterocycles. The summed E-state index contributed by atoms with van der Waals surface area (Å²) in [5.74, 6) is 0. The van der Waals surface area contributed by atoms with Crippen molar-refractivity contribution in [2.24, 2.45) is 10.8 Å². The number of pyridine rings is 1. The number of thiocarbonyl (C=S) groups is 1. The molecule has 0 saturated heterocycles. The van der Waals surface area contributed by atoms with Crippen LogP contribution in [0.25, 0.3) is 0 Å². The summed E-state index contributed by atoms with van der Waals surface area (Å²) in [6.07, 6.45) is 3.08. The Kier molecular flexibility index (Phi) is 3.15. The maximum atomic E-state index is 5.59. The number of hydrazone groups is 1. The molecule has 0 unspecified atom stereocenters. The van der Waals surface area contributed by atoms with Gasteiger partial charge in [0.15, 0.2) is 5.11 Å². The molecule has 0 saturated carbocycles. The molecule has 68 valence electrons. The van der Waals surface area contributed by atoms with Gasteiger partial charge in [0.1, 0.15) is 5.69 Å². The summed E-state index contributed by atoms with van der Waals surface area (Å²) >= 11 is 4.55. The molecule has 1 aromatic heterocycles. The van der Waals surface area contributed by atoms with Crippen LogP contribution in [0, 0.1) is 0 Å². The van der Waals surface area contributed by atoms with Gasteiger partial charge < -0.3 is 11.5 Å². The topological polar surface area (TPSA) is 89.3 Å². The average molecular weight is 199 g/mol. The van der Waals surface area contributed by atoms with Gasteiger partial charge in [-0.1, -0.05) is 0 Å². The molecule has 1 heterocycles. The van der Waals surface area contributed by atoms with Crippen molar-refractivity contribution in [3.63, 3.8) is 0 Å². The summed E-state index contributed by atoms with van der Waals surface area (Å²) in [7, 11) is 0. The van der Waals surface area contributed by atoms with E-state index in [1.165, 1.54) is 6.21 Å². The summed E-state index contributed by atoms with van der Waals surface area (Å²) in [6.45, 7) is 0. The van der Waals surface area contributed by atoms with Crippen LogP contribution in [-0.4, -0.2) is 16.3 Å². The number of hydrogen-bond acceptors (Lipinski definition) is 4. The van der Waals surface area contributed by atoms with Crippen LogP contribution in [0.1, 0.15) is 5.69 Å². The van der Waals surface area contributed by atoms with Crippen molar-refractivity contribution in [3.05, 3.63) is 24.0 Å². The SMILES string of the molecule is NC(=S)N/N=C/[13c]1[15n][13cH]cc[13c]1N. The maximum Gasteiger partial charge on any atom is 0.184 e. The fourth-order valence-electron chi connectivity index (χ4n) is 0.695. The second-order valence-electron chi connectivity index (χ2n) is 2.21. The van der Waals surface area contributed by atoms with Gasteiger partial charge in [0.2, 0.25) is 0 Å². The lowest BCUT2D eigenvalue weighted by Gasteiger charge is -1.97. The Balaban J connectivity index is 2.68. The largest absolute Gasteiger partial charge is 0.397 e. The second kappa shape index (κ2) is 4.36. The number of anilines is 1. The zero-order valence-corrected chi connectivity index (χ0v) is 7.58. The van der Waals surface area contributed by atoms with Crippen LogP contribution >= 0.6 is 12.2 Å². The first-order valence-electron chi connectivity index (χ1n) is 3.49. The molecule has 1 aromatic rings. The molecule has 0 aliphatic carbocycles. The van der Waals surface area contributed by atoms with Crippen LogP contribution in [0.3, 0.4) is 0 Å². The summed E-state index contributed by atoms with van der Waals surface area (Å²) in [5.41, 5.74) is 14.3. The van der Waals surface area contributed by atoms with Crippen molar-refractivity contribution in [2.45, 2.75) is 0 Å². The third-order valence-electron chi connectivity index (χ3n) is 1.23. The van der Waals surface area contributed by atoms with E-state index in [1.54, 1.807) is 18.3 Å². The van der Waals surface area contributed by atoms with Crippen LogP contribution in [0.4, 0.5) is 5.69 Å². The first-order chi connectivity index (χ1) is 6.20. The van der Waals surface area contributed by atoms with Gasteiger partial charge in [0.25, 0.3) is 0 Å². The standard InChI is InChI=1S/C7H9N5S/c8-5-2-1-3-10-6(5)4-11-12-7(9)13/h1-4H,8H2,(H3,9,12,13)/b11-4+/i3+1,5+1,6+1,10+1. The normalized spacial score (nSPS) is 10.2. The van der Waals surface area contributed by atoms with Crippen molar-refractivity contribution in [2.75, 3.05) is 5.73 Å². The fraction of sp³-hybridized carbons (Fsp3) is 0. The molecule has 0 spiro atoms. The lowest BCUT2D eigenvalue weighted by molar-refractivity contribution is 1.04. The van der Waals surface area contributed by atoms with E-state index >= 15 is 0 Å². The summed E-state index contributed by atoms with van der Waals surface area (Å²) in [6, 6.07) is 3.47. The van der Waals surface area contributed by atoms with E-state index in [-0.39, 0.29) is 5.11 Å². The fourth-order valence-corrected chi connectivity index (χ4v) is 0.748. The number of nitrogen functional groups attached to an aromatic ring is 1. The van der Waals surface area contributed by atoms with Crippen molar-refractivity contribution >= 4 is 29.2 Å². The molecule has 13 heavy (non-hydrogen) atoms. The minimum Gasteiger partial charge on any atom is -0.397 e. The van der Waals surface area contributed by atoms with E-state index in [0.29, 0.717) is 11.4 Å². The van der Waals surface area contributed by atoms with E-state index in [9.17, 15) is 0 Å². The van der Waals surface area contributed by atoms with E-state index in [0.717, 1.165) is 0 Å². The Labute approximate surface area is 80.8 Å². The quantitative estimate of drug-likeness (QED) is 0.349. The minimum absolute atomic E-state index is 0.103. The van der Waals surface area contributed by atoms with E-state index in [2.05, 4.69) is 27.7 Å². The molecule has 1 rings (SSSR count). The highest BCUT2D eigenvalue weighted by atomic mass is 32.1. The van der Waals surface area contributed by atoms with Gasteiger partial charge in [0, 0.05) is 6.20 Å². The highest BCUT2D eigenvalue weighted by Crippen LogP contribution is 2.02. The molecule has 5 N–H and O–H groups in total. The van der Waals surface area contributed by atoms with Crippen LogP contribution in [-0.2, 0) is 0 Å². The van der Waals surface area contributed by atoms with Gasteiger partial charge in [-0.15, -0.1) is 0 Å². The third-order valence-corrected chi connectivity index (χ3v) is 1.32. The number of aromatic nitrogens is 1. The number of rotatable bonds is 2. The maximum absolute atomic E-state index is 5.59. The molecule has 0 aliphatic rings. The average Bonchev–Trinajstić information content (AvgIpc) is 2.08. The van der Waals surface area contributed by atoms with Crippen LogP contribution in [0.15, 0.2) is 23.4 Å². The van der Waals surface area contributed by atoms with Gasteiger partial charge >= 0.3 is 0 Å². The smallest absolute Gasteiger partial charge is 0.184 e. The number of hydrogen-bond donors (Lipinski definition) is 3. The Morgan fingerprint density at radius 2 is 2.46 bits per heavy atom. The Hall–Kier alpha value is -1.69. The van der Waals surface area contributed by atoms with Crippen molar-refractivity contribution in [1.82, 2.24) is 10.4 Å². The molecule has 0 fully saturated rings. The summed E-state index contributed by atoms with van der Waals surface area (Å²) in [5, 5.41) is 3.82. The number of nitrogens with one attached hydrogen (secondary N) is 1. The van der Waals surface area contributed by atoms with Gasteiger partial charge in [-0.25, -0.2) is 0 Å². The molecular weight excluding hydrogens is 190 g/mol. The monoisotopic (exact) mass is 199 g/mol. The minimum atomic E-state index is 0.103.